The van der Waals surface area contributed by atoms with Crippen LogP contribution in [0.5, 0.6) is 0 Å². The van der Waals surface area contributed by atoms with Crippen molar-refractivity contribution in [2.24, 2.45) is 0 Å². The summed E-state index contributed by atoms with van der Waals surface area (Å²) >= 11 is 0. The molecule has 2 aromatic heterocycles. The van der Waals surface area contributed by atoms with Gasteiger partial charge in [-0.05, 0) is 54.1 Å². The van der Waals surface area contributed by atoms with Gasteiger partial charge < -0.3 is 9.88 Å². The zero-order valence-electron chi connectivity index (χ0n) is 15.3. The van der Waals surface area contributed by atoms with E-state index in [1.165, 1.54) is 0 Å². The third-order valence-corrected chi connectivity index (χ3v) is 4.57. The number of Topliss-reactive ketones (excluding diaryl/α,β-unsaturated/α-hetero) is 1. The van der Waals surface area contributed by atoms with E-state index in [1.807, 2.05) is 32.3 Å². The largest absolute Gasteiger partial charge is 0.378 e. The van der Waals surface area contributed by atoms with Crippen LogP contribution in [0, 0.1) is 0 Å². The third kappa shape index (κ3) is 3.58. The topological polar surface area (TPSA) is 61.9 Å². The minimum absolute atomic E-state index is 0.0794. The smallest absolute Gasteiger partial charge is 0.167 e. The van der Waals surface area contributed by atoms with E-state index < -0.39 is 0 Å². The molecule has 0 aliphatic rings. The lowest BCUT2D eigenvalue weighted by atomic mass is 10.0. The monoisotopic (exact) mass is 356 g/mol. The summed E-state index contributed by atoms with van der Waals surface area (Å²) in [6, 6.07) is 17.7. The Morgan fingerprint density at radius 1 is 1.00 bits per heavy atom. The highest BCUT2D eigenvalue weighted by Gasteiger charge is 2.10. The van der Waals surface area contributed by atoms with Gasteiger partial charge in [0, 0.05) is 49.7 Å². The van der Waals surface area contributed by atoms with Crippen molar-refractivity contribution < 1.29 is 4.79 Å². The van der Waals surface area contributed by atoms with Crippen molar-refractivity contribution in [2.45, 2.75) is 6.42 Å². The van der Waals surface area contributed by atoms with Crippen LogP contribution in [0.1, 0.15) is 15.9 Å². The second-order valence-electron chi connectivity index (χ2n) is 6.71. The molecule has 0 aliphatic carbocycles. The van der Waals surface area contributed by atoms with Crippen LogP contribution in [-0.4, -0.2) is 34.8 Å². The number of anilines is 1. The van der Waals surface area contributed by atoms with Crippen molar-refractivity contribution in [1.82, 2.24) is 15.0 Å². The molecule has 0 saturated carbocycles. The first-order valence-electron chi connectivity index (χ1n) is 8.80. The summed E-state index contributed by atoms with van der Waals surface area (Å²) in [6.07, 6.45) is 3.63. The molecule has 0 saturated heterocycles. The van der Waals surface area contributed by atoms with Gasteiger partial charge in [-0.15, -0.1) is 0 Å². The number of nitrogens with one attached hydrogen (secondary N) is 1. The molecule has 1 N–H and O–H groups in total. The first-order chi connectivity index (χ1) is 13.1. The Bertz CT molecular complexity index is 1080. The molecule has 27 heavy (non-hydrogen) atoms. The van der Waals surface area contributed by atoms with Crippen LogP contribution < -0.4 is 4.90 Å². The van der Waals surface area contributed by atoms with E-state index in [4.69, 9.17) is 0 Å². The highest BCUT2D eigenvalue weighted by molar-refractivity contribution is 5.97. The fourth-order valence-corrected chi connectivity index (χ4v) is 3.05. The van der Waals surface area contributed by atoms with Crippen LogP contribution >= 0.6 is 0 Å². The first kappa shape index (κ1) is 17.0. The van der Waals surface area contributed by atoms with Gasteiger partial charge in [-0.3, -0.25) is 9.78 Å². The highest BCUT2D eigenvalue weighted by atomic mass is 16.1. The fourth-order valence-electron chi connectivity index (χ4n) is 3.05. The van der Waals surface area contributed by atoms with Gasteiger partial charge in [0.25, 0.3) is 0 Å². The molecule has 0 bridgehead atoms. The predicted molar refractivity (Wildman–Crippen MR) is 108 cm³/mol. The van der Waals surface area contributed by atoms with Crippen molar-refractivity contribution >= 4 is 22.5 Å². The van der Waals surface area contributed by atoms with Gasteiger partial charge in [0.2, 0.25) is 0 Å². The van der Waals surface area contributed by atoms with Crippen molar-refractivity contribution in [3.05, 3.63) is 78.1 Å². The van der Waals surface area contributed by atoms with E-state index >= 15 is 0 Å². The summed E-state index contributed by atoms with van der Waals surface area (Å²) in [4.78, 5) is 26.5. The third-order valence-electron chi connectivity index (χ3n) is 4.57. The summed E-state index contributed by atoms with van der Waals surface area (Å²) in [5.74, 6) is 0.906. The summed E-state index contributed by atoms with van der Waals surface area (Å²) in [7, 11) is 4.04. The maximum absolute atomic E-state index is 12.4. The predicted octanol–water partition coefficient (Wildman–Crippen LogP) is 4.12. The molecule has 0 spiro atoms. The Balaban J connectivity index is 1.59. The molecule has 5 heteroatoms. The minimum atomic E-state index is 0.0794. The Morgan fingerprint density at radius 3 is 2.44 bits per heavy atom. The highest BCUT2D eigenvalue weighted by Crippen LogP contribution is 2.24. The van der Waals surface area contributed by atoms with E-state index in [2.05, 4.69) is 44.1 Å². The molecule has 2 aromatic carbocycles. The minimum Gasteiger partial charge on any atom is -0.378 e. The Hall–Kier alpha value is -3.47. The molecule has 5 nitrogen and oxygen atoms in total. The van der Waals surface area contributed by atoms with Crippen LogP contribution in [0.2, 0.25) is 0 Å². The van der Waals surface area contributed by atoms with Gasteiger partial charge in [0.15, 0.2) is 5.78 Å². The van der Waals surface area contributed by atoms with E-state index in [-0.39, 0.29) is 5.78 Å². The molecular formula is C22H20N4O. The number of fused-ring (bicyclic) bond motifs is 1. The van der Waals surface area contributed by atoms with Crippen LogP contribution in [0.4, 0.5) is 5.69 Å². The summed E-state index contributed by atoms with van der Waals surface area (Å²) < 4.78 is 0. The van der Waals surface area contributed by atoms with E-state index in [9.17, 15) is 4.79 Å². The Morgan fingerprint density at radius 2 is 1.74 bits per heavy atom. The SMILES string of the molecule is CN(C)c1ccc(-c2nc3ccc(CC(=O)c4ccncc4)cc3[nH]2)cc1. The Kier molecular flexibility index (Phi) is 4.42. The zero-order chi connectivity index (χ0) is 18.8. The molecule has 0 fully saturated rings. The van der Waals surface area contributed by atoms with Gasteiger partial charge in [-0.25, -0.2) is 4.98 Å². The molecule has 0 unspecified atom stereocenters. The van der Waals surface area contributed by atoms with Gasteiger partial charge in [0.1, 0.15) is 5.82 Å². The maximum atomic E-state index is 12.4. The molecule has 4 rings (SSSR count). The number of rotatable bonds is 5. The lowest BCUT2D eigenvalue weighted by Crippen LogP contribution is -2.07. The fraction of sp³-hybridized carbons (Fsp3) is 0.136. The standard InChI is InChI=1S/C22H20N4O/c1-26(2)18-6-4-17(5-7-18)22-24-19-8-3-15(13-20(19)25-22)14-21(27)16-9-11-23-12-10-16/h3-13H,14H2,1-2H3,(H,24,25). The van der Waals surface area contributed by atoms with Crippen LogP contribution in [0.25, 0.3) is 22.4 Å². The van der Waals surface area contributed by atoms with E-state index in [0.717, 1.165) is 33.7 Å². The molecule has 0 atom stereocenters. The summed E-state index contributed by atoms with van der Waals surface area (Å²) in [5, 5.41) is 0. The van der Waals surface area contributed by atoms with Gasteiger partial charge in [-0.1, -0.05) is 6.07 Å². The van der Waals surface area contributed by atoms with Crippen LogP contribution in [0.15, 0.2) is 67.0 Å². The zero-order valence-corrected chi connectivity index (χ0v) is 15.3. The number of carbonyl (C=O) groups excluding carboxylic acids is 1. The lowest BCUT2D eigenvalue weighted by molar-refractivity contribution is 0.0993. The van der Waals surface area contributed by atoms with Gasteiger partial charge >= 0.3 is 0 Å². The van der Waals surface area contributed by atoms with E-state index in [0.29, 0.717) is 12.0 Å². The van der Waals surface area contributed by atoms with Crippen molar-refractivity contribution in [3.63, 3.8) is 0 Å². The number of H-pyrrole nitrogens is 1. The quantitative estimate of drug-likeness (QED) is 0.547. The number of hydrogen-bond acceptors (Lipinski definition) is 4. The van der Waals surface area contributed by atoms with E-state index in [1.54, 1.807) is 24.5 Å². The number of benzene rings is 2. The number of aromatic nitrogens is 3. The molecule has 4 aromatic rings. The van der Waals surface area contributed by atoms with Crippen LogP contribution in [-0.2, 0) is 6.42 Å². The normalized spacial score (nSPS) is 10.9. The number of pyridine rings is 1. The average molecular weight is 356 g/mol. The molecule has 0 amide bonds. The van der Waals surface area contributed by atoms with Crippen molar-refractivity contribution in [2.75, 3.05) is 19.0 Å². The number of hydrogen-bond donors (Lipinski definition) is 1. The van der Waals surface area contributed by atoms with Gasteiger partial charge in [-0.2, -0.15) is 0 Å². The van der Waals surface area contributed by atoms with Crippen molar-refractivity contribution in [3.8, 4) is 11.4 Å². The van der Waals surface area contributed by atoms with Gasteiger partial charge in [0.05, 0.1) is 11.0 Å². The second-order valence-corrected chi connectivity index (χ2v) is 6.71. The Labute approximate surface area is 157 Å². The average Bonchev–Trinajstić information content (AvgIpc) is 3.12. The molecule has 134 valence electrons. The molecule has 0 aliphatic heterocycles. The van der Waals surface area contributed by atoms with Crippen molar-refractivity contribution in [1.29, 1.82) is 0 Å². The number of nitrogens with zero attached hydrogens (tertiary/aromatic N) is 3. The maximum Gasteiger partial charge on any atom is 0.167 e. The molecule has 0 radical (unpaired) electrons. The number of ketones is 1. The second kappa shape index (κ2) is 7.03. The van der Waals surface area contributed by atoms with Crippen LogP contribution in [0.3, 0.4) is 0 Å². The molecular weight excluding hydrogens is 336 g/mol. The number of carbonyl (C=O) groups is 1. The molecule has 2 heterocycles. The lowest BCUT2D eigenvalue weighted by Gasteiger charge is -2.11. The summed E-state index contributed by atoms with van der Waals surface area (Å²) in [5.41, 5.74) is 5.64. The number of aromatic amines is 1. The summed E-state index contributed by atoms with van der Waals surface area (Å²) in [6.45, 7) is 0. The number of imidazole rings is 1. The first-order valence-corrected chi connectivity index (χ1v) is 8.80.